The average Bonchev–Trinajstić information content (AvgIpc) is 3.34. The lowest BCUT2D eigenvalue weighted by Gasteiger charge is -1.99. The van der Waals surface area contributed by atoms with Crippen LogP contribution in [0.1, 0.15) is 5.56 Å². The van der Waals surface area contributed by atoms with E-state index in [0.717, 1.165) is 22.5 Å². The van der Waals surface area contributed by atoms with Gasteiger partial charge in [0, 0.05) is 10.5 Å². The summed E-state index contributed by atoms with van der Waals surface area (Å²) in [6.45, 7) is 0. The highest BCUT2D eigenvalue weighted by Crippen LogP contribution is 2.22. The summed E-state index contributed by atoms with van der Waals surface area (Å²) in [6, 6.07) is 20.0. The molecule has 0 bridgehead atoms. The first kappa shape index (κ1) is 17.4. The fourth-order valence-electron chi connectivity index (χ4n) is 2.58. The fourth-order valence-corrected chi connectivity index (χ4v) is 3.17. The lowest BCUT2D eigenvalue weighted by Crippen LogP contribution is -1.95. The third-order valence-electron chi connectivity index (χ3n) is 3.98. The second kappa shape index (κ2) is 7.73. The van der Waals surface area contributed by atoms with Crippen molar-refractivity contribution >= 4 is 30.2 Å². The average molecular weight is 393 g/mol. The molecule has 8 heteroatoms. The van der Waals surface area contributed by atoms with E-state index in [1.54, 1.807) is 22.7 Å². The molecular weight excluding hydrogens is 376 g/mol. The highest BCUT2D eigenvalue weighted by atomic mass is 32.2. The Morgan fingerprint density at radius 3 is 2.56 bits per heavy atom. The van der Waals surface area contributed by atoms with Crippen molar-refractivity contribution in [1.29, 1.82) is 0 Å². The predicted molar refractivity (Wildman–Crippen MR) is 112 cm³/mol. The zero-order valence-electron chi connectivity index (χ0n) is 14.5. The molecule has 0 aliphatic rings. The van der Waals surface area contributed by atoms with Crippen molar-refractivity contribution in [2.75, 3.05) is 6.26 Å². The van der Waals surface area contributed by atoms with Crippen LogP contribution in [-0.2, 0) is 0 Å². The van der Waals surface area contributed by atoms with Gasteiger partial charge < -0.3 is 0 Å². The van der Waals surface area contributed by atoms with E-state index in [2.05, 4.69) is 37.6 Å². The number of aromatic nitrogens is 5. The summed E-state index contributed by atoms with van der Waals surface area (Å²) < 4.78 is 2.00. The lowest BCUT2D eigenvalue weighted by molar-refractivity contribution is 0.865. The van der Waals surface area contributed by atoms with Crippen LogP contribution in [0.3, 0.4) is 0 Å². The molecule has 0 saturated heterocycles. The number of rotatable bonds is 5. The number of benzene rings is 2. The van der Waals surface area contributed by atoms with Gasteiger partial charge in [-0.3, -0.25) is 5.10 Å². The van der Waals surface area contributed by atoms with E-state index < -0.39 is 0 Å². The second-order valence-electron chi connectivity index (χ2n) is 5.71. The van der Waals surface area contributed by atoms with Gasteiger partial charge in [0.25, 0.3) is 0 Å². The summed E-state index contributed by atoms with van der Waals surface area (Å²) >= 11 is 7.03. The highest BCUT2D eigenvalue weighted by Gasteiger charge is 2.12. The molecule has 2 N–H and O–H groups in total. The normalized spacial score (nSPS) is 11.3. The van der Waals surface area contributed by atoms with E-state index in [-0.39, 0.29) is 0 Å². The van der Waals surface area contributed by atoms with Crippen LogP contribution in [0.15, 0.2) is 70.7 Å². The van der Waals surface area contributed by atoms with Crippen LogP contribution in [0.4, 0.5) is 0 Å². The zero-order chi connectivity index (χ0) is 18.6. The maximum absolute atomic E-state index is 5.32. The highest BCUT2D eigenvalue weighted by molar-refractivity contribution is 7.98. The van der Waals surface area contributed by atoms with Crippen molar-refractivity contribution in [2.24, 2.45) is 5.10 Å². The van der Waals surface area contributed by atoms with Crippen LogP contribution in [0.2, 0.25) is 0 Å². The summed E-state index contributed by atoms with van der Waals surface area (Å²) in [7, 11) is 0. The van der Waals surface area contributed by atoms with Crippen molar-refractivity contribution in [1.82, 2.24) is 25.1 Å². The van der Waals surface area contributed by atoms with Crippen LogP contribution >= 0.6 is 24.0 Å². The molecule has 4 rings (SSSR count). The predicted octanol–water partition coefficient (Wildman–Crippen LogP) is 4.60. The van der Waals surface area contributed by atoms with E-state index in [0.29, 0.717) is 10.6 Å². The number of H-pyrrole nitrogens is 2. The van der Waals surface area contributed by atoms with Gasteiger partial charge in [-0.2, -0.15) is 20.0 Å². The molecule has 0 atom stereocenters. The van der Waals surface area contributed by atoms with Crippen molar-refractivity contribution < 1.29 is 0 Å². The zero-order valence-corrected chi connectivity index (χ0v) is 16.1. The van der Waals surface area contributed by atoms with Crippen molar-refractivity contribution in [3.8, 4) is 22.8 Å². The molecule has 0 unspecified atom stereocenters. The molecule has 6 nitrogen and oxygen atoms in total. The van der Waals surface area contributed by atoms with E-state index in [9.17, 15) is 0 Å². The Morgan fingerprint density at radius 1 is 1.04 bits per heavy atom. The number of nitrogens with one attached hydrogen (secondary N) is 2. The molecule has 0 fully saturated rings. The van der Waals surface area contributed by atoms with Gasteiger partial charge in [0.15, 0.2) is 0 Å². The van der Waals surface area contributed by atoms with E-state index in [4.69, 9.17) is 12.2 Å². The minimum atomic E-state index is 0.415. The summed E-state index contributed by atoms with van der Waals surface area (Å²) in [6.07, 6.45) is 3.81. The topological polar surface area (TPSA) is 74.7 Å². The molecule has 134 valence electrons. The fraction of sp³-hybridized carbons (Fsp3) is 0.0526. The van der Waals surface area contributed by atoms with Crippen molar-refractivity contribution in [3.05, 3.63) is 71.0 Å². The van der Waals surface area contributed by atoms with Crippen molar-refractivity contribution in [2.45, 2.75) is 4.90 Å². The van der Waals surface area contributed by atoms with E-state index >= 15 is 0 Å². The first-order valence-electron chi connectivity index (χ1n) is 8.21. The number of aromatic amines is 2. The molecule has 0 radical (unpaired) electrons. The number of hydrogen-bond donors (Lipinski definition) is 2. The van der Waals surface area contributed by atoms with Gasteiger partial charge in [-0.25, -0.2) is 5.10 Å². The maximum Gasteiger partial charge on any atom is 0.216 e. The largest absolute Gasteiger partial charge is 0.274 e. The molecule has 2 heterocycles. The minimum Gasteiger partial charge on any atom is -0.274 e. The Labute approximate surface area is 165 Å². The van der Waals surface area contributed by atoms with Gasteiger partial charge in [0.2, 0.25) is 10.6 Å². The third kappa shape index (κ3) is 3.76. The summed E-state index contributed by atoms with van der Waals surface area (Å²) in [5.74, 6) is 0.576. The van der Waals surface area contributed by atoms with Crippen molar-refractivity contribution in [3.63, 3.8) is 0 Å². The second-order valence-corrected chi connectivity index (χ2v) is 6.98. The Kier molecular flexibility index (Phi) is 4.99. The smallest absolute Gasteiger partial charge is 0.216 e. The molecule has 27 heavy (non-hydrogen) atoms. The van der Waals surface area contributed by atoms with Crippen LogP contribution in [0, 0.1) is 4.77 Å². The SMILES string of the molecule is CSc1ccc(/C=N\n2c(-c3cc(-c4ccccc4)n[nH]3)n[nH]c2=S)cc1. The molecule has 2 aromatic heterocycles. The molecule has 0 aliphatic heterocycles. The minimum absolute atomic E-state index is 0.415. The molecule has 4 aromatic rings. The summed E-state index contributed by atoms with van der Waals surface area (Å²) in [5.41, 5.74) is 3.58. The monoisotopic (exact) mass is 392 g/mol. The molecule has 0 aliphatic carbocycles. The van der Waals surface area contributed by atoms with Crippen LogP contribution in [0.5, 0.6) is 0 Å². The van der Waals surface area contributed by atoms with Gasteiger partial charge in [-0.15, -0.1) is 11.8 Å². The van der Waals surface area contributed by atoms with Gasteiger partial charge in [0.1, 0.15) is 5.69 Å². The lowest BCUT2D eigenvalue weighted by atomic mass is 10.1. The van der Waals surface area contributed by atoms with E-state index in [1.165, 1.54) is 4.90 Å². The molecule has 0 amide bonds. The standard InChI is InChI=1S/C19H16N6S2/c1-27-15-9-7-13(8-10-15)12-20-25-18(23-24-19(25)26)17-11-16(21-22-17)14-5-3-2-4-6-14/h2-12H,1H3,(H,21,22)(H,24,26)/b20-12-. The van der Waals surface area contributed by atoms with Crippen LogP contribution in [0.25, 0.3) is 22.8 Å². The summed E-state index contributed by atoms with van der Waals surface area (Å²) in [5, 5.41) is 19.0. The van der Waals surface area contributed by atoms with Gasteiger partial charge >= 0.3 is 0 Å². The van der Waals surface area contributed by atoms with Gasteiger partial charge in [-0.05, 0) is 42.2 Å². The Balaban J connectivity index is 1.65. The first-order valence-corrected chi connectivity index (χ1v) is 9.85. The third-order valence-corrected chi connectivity index (χ3v) is 4.98. The number of thioether (sulfide) groups is 1. The Hall–Kier alpha value is -2.97. The Bertz CT molecular complexity index is 1120. The first-order chi connectivity index (χ1) is 13.2. The number of nitrogens with zero attached hydrogens (tertiary/aromatic N) is 4. The number of hydrogen-bond acceptors (Lipinski definition) is 5. The van der Waals surface area contributed by atoms with Gasteiger partial charge in [-0.1, -0.05) is 42.5 Å². The molecule has 0 saturated carbocycles. The van der Waals surface area contributed by atoms with Gasteiger partial charge in [0.05, 0.1) is 11.9 Å². The van der Waals surface area contributed by atoms with Crippen LogP contribution in [-0.4, -0.2) is 37.5 Å². The summed E-state index contributed by atoms with van der Waals surface area (Å²) in [4.78, 5) is 1.21. The van der Waals surface area contributed by atoms with E-state index in [1.807, 2.05) is 54.8 Å². The Morgan fingerprint density at radius 2 is 1.81 bits per heavy atom. The van der Waals surface area contributed by atoms with Crippen LogP contribution < -0.4 is 0 Å². The molecular formula is C19H16N6S2. The molecule has 0 spiro atoms. The quantitative estimate of drug-likeness (QED) is 0.296. The molecule has 2 aromatic carbocycles. The maximum atomic E-state index is 5.32.